The van der Waals surface area contributed by atoms with Crippen LogP contribution in [-0.2, 0) is 13.0 Å². The van der Waals surface area contributed by atoms with E-state index in [0.717, 1.165) is 43.0 Å². The van der Waals surface area contributed by atoms with Gasteiger partial charge in [-0.2, -0.15) is 0 Å². The van der Waals surface area contributed by atoms with Crippen LogP contribution in [0.3, 0.4) is 0 Å². The lowest BCUT2D eigenvalue weighted by molar-refractivity contribution is 0.447. The molecule has 1 aliphatic carbocycles. The smallest absolute Gasteiger partial charge is 0.159 e. The molecule has 1 aliphatic rings. The van der Waals surface area contributed by atoms with Gasteiger partial charge in [-0.1, -0.05) is 30.3 Å². The lowest BCUT2D eigenvalue weighted by Crippen LogP contribution is -2.26. The van der Waals surface area contributed by atoms with Crippen LogP contribution in [0.1, 0.15) is 36.0 Å². The molecule has 0 unspecified atom stereocenters. The molecule has 5 heteroatoms. The van der Waals surface area contributed by atoms with Gasteiger partial charge in [0, 0.05) is 41.5 Å². The highest BCUT2D eigenvalue weighted by molar-refractivity contribution is 5.55. The van der Waals surface area contributed by atoms with Crippen LogP contribution < -0.4 is 5.32 Å². The summed E-state index contributed by atoms with van der Waals surface area (Å²) >= 11 is 0. The molecule has 5 nitrogen and oxygen atoms in total. The Kier molecular flexibility index (Phi) is 3.86. The van der Waals surface area contributed by atoms with Gasteiger partial charge in [0.05, 0.1) is 6.54 Å². The van der Waals surface area contributed by atoms with Crippen LogP contribution >= 0.6 is 0 Å². The molecule has 116 valence electrons. The van der Waals surface area contributed by atoms with E-state index in [9.17, 15) is 0 Å². The molecule has 4 rings (SSSR count). The molecule has 0 saturated heterocycles. The van der Waals surface area contributed by atoms with Gasteiger partial charge in [-0.3, -0.25) is 0 Å². The molecule has 0 fully saturated rings. The number of hydrogen-bond donors (Lipinski definition) is 2. The zero-order valence-corrected chi connectivity index (χ0v) is 12.9. The van der Waals surface area contributed by atoms with Gasteiger partial charge in [0.25, 0.3) is 0 Å². The zero-order chi connectivity index (χ0) is 15.5. The number of aromatic amines is 1. The van der Waals surface area contributed by atoms with E-state index in [0.29, 0.717) is 6.04 Å². The van der Waals surface area contributed by atoms with E-state index in [1.165, 1.54) is 11.3 Å². The third-order valence-electron chi connectivity index (χ3n) is 4.28. The minimum atomic E-state index is 0.300. The van der Waals surface area contributed by atoms with Gasteiger partial charge < -0.3 is 10.3 Å². The van der Waals surface area contributed by atoms with Crippen LogP contribution in [0, 0.1) is 0 Å². The number of fused-ring (bicyclic) bond motifs is 1. The molecule has 0 spiro atoms. The van der Waals surface area contributed by atoms with Gasteiger partial charge in [-0.25, -0.2) is 15.0 Å². The van der Waals surface area contributed by atoms with E-state index < -0.39 is 0 Å². The van der Waals surface area contributed by atoms with Crippen molar-refractivity contribution in [1.29, 1.82) is 0 Å². The topological polar surface area (TPSA) is 66.5 Å². The fourth-order valence-electron chi connectivity index (χ4n) is 3.10. The summed E-state index contributed by atoms with van der Waals surface area (Å²) in [6.45, 7) is 0.734. The molecule has 3 aromatic rings. The van der Waals surface area contributed by atoms with Gasteiger partial charge in [0.1, 0.15) is 5.82 Å². The number of H-pyrrole nitrogens is 1. The molecule has 0 saturated carbocycles. The van der Waals surface area contributed by atoms with Crippen molar-refractivity contribution in [1.82, 2.24) is 25.3 Å². The Morgan fingerprint density at radius 1 is 1.17 bits per heavy atom. The van der Waals surface area contributed by atoms with Gasteiger partial charge in [0.2, 0.25) is 0 Å². The SMILES string of the molecule is c1ccc(-c2ncc3c(n2)CCC[C@@H]3NCc2ncc[nH]2)cc1. The third-order valence-corrected chi connectivity index (χ3v) is 4.28. The fourth-order valence-corrected chi connectivity index (χ4v) is 3.10. The predicted octanol–water partition coefficient (Wildman–Crippen LogP) is 3.03. The normalized spacial score (nSPS) is 17.0. The second-order valence-electron chi connectivity index (χ2n) is 5.82. The summed E-state index contributed by atoms with van der Waals surface area (Å²) in [5, 5.41) is 3.57. The second kappa shape index (κ2) is 6.30. The summed E-state index contributed by atoms with van der Waals surface area (Å²) in [5.41, 5.74) is 3.46. The summed E-state index contributed by atoms with van der Waals surface area (Å²) in [6, 6.07) is 10.5. The summed E-state index contributed by atoms with van der Waals surface area (Å²) in [7, 11) is 0. The second-order valence-corrected chi connectivity index (χ2v) is 5.82. The number of nitrogens with zero attached hydrogens (tertiary/aromatic N) is 3. The molecule has 0 radical (unpaired) electrons. The number of nitrogens with one attached hydrogen (secondary N) is 2. The Morgan fingerprint density at radius 2 is 2.09 bits per heavy atom. The first-order chi connectivity index (χ1) is 11.4. The molecule has 1 aromatic carbocycles. The highest BCUT2D eigenvalue weighted by Crippen LogP contribution is 2.29. The number of imidazole rings is 1. The van der Waals surface area contributed by atoms with Crippen molar-refractivity contribution in [2.75, 3.05) is 0 Å². The van der Waals surface area contributed by atoms with E-state index in [2.05, 4.69) is 32.4 Å². The van der Waals surface area contributed by atoms with Crippen LogP contribution in [0.4, 0.5) is 0 Å². The maximum atomic E-state index is 4.80. The average molecular weight is 305 g/mol. The first kappa shape index (κ1) is 14.1. The predicted molar refractivity (Wildman–Crippen MR) is 88.6 cm³/mol. The van der Waals surface area contributed by atoms with E-state index in [4.69, 9.17) is 4.98 Å². The Bertz CT molecular complexity index is 767. The summed E-state index contributed by atoms with van der Waals surface area (Å²) in [5.74, 6) is 1.77. The van der Waals surface area contributed by atoms with Crippen LogP contribution in [0.5, 0.6) is 0 Å². The number of benzene rings is 1. The van der Waals surface area contributed by atoms with Crippen LogP contribution in [-0.4, -0.2) is 19.9 Å². The minimum absolute atomic E-state index is 0.300. The maximum absolute atomic E-state index is 4.80. The molecule has 2 aromatic heterocycles. The quantitative estimate of drug-likeness (QED) is 0.777. The van der Waals surface area contributed by atoms with E-state index in [-0.39, 0.29) is 0 Å². The van der Waals surface area contributed by atoms with Gasteiger partial charge in [-0.15, -0.1) is 0 Å². The number of aryl methyl sites for hydroxylation is 1. The summed E-state index contributed by atoms with van der Waals surface area (Å²) in [6.07, 6.45) is 8.90. The lowest BCUT2D eigenvalue weighted by atomic mass is 9.92. The van der Waals surface area contributed by atoms with Crippen molar-refractivity contribution in [2.45, 2.75) is 31.8 Å². The molecular formula is C18H19N5. The van der Waals surface area contributed by atoms with Crippen molar-refractivity contribution >= 4 is 0 Å². The Hall–Kier alpha value is -2.53. The van der Waals surface area contributed by atoms with Gasteiger partial charge in [-0.05, 0) is 19.3 Å². The molecule has 1 atom stereocenters. The minimum Gasteiger partial charge on any atom is -0.348 e. The third kappa shape index (κ3) is 3.00. The highest BCUT2D eigenvalue weighted by Gasteiger charge is 2.22. The number of hydrogen-bond acceptors (Lipinski definition) is 4. The molecule has 23 heavy (non-hydrogen) atoms. The van der Waals surface area contributed by atoms with E-state index in [1.807, 2.05) is 30.6 Å². The molecule has 2 heterocycles. The number of aromatic nitrogens is 4. The molecular weight excluding hydrogens is 286 g/mol. The van der Waals surface area contributed by atoms with Crippen LogP contribution in [0.25, 0.3) is 11.4 Å². The van der Waals surface area contributed by atoms with Crippen molar-refractivity contribution in [3.8, 4) is 11.4 Å². The van der Waals surface area contributed by atoms with Crippen molar-refractivity contribution in [3.05, 3.63) is 66.0 Å². The van der Waals surface area contributed by atoms with Crippen molar-refractivity contribution in [3.63, 3.8) is 0 Å². The monoisotopic (exact) mass is 305 g/mol. The van der Waals surface area contributed by atoms with Gasteiger partial charge >= 0.3 is 0 Å². The molecule has 0 aliphatic heterocycles. The highest BCUT2D eigenvalue weighted by atomic mass is 15.0. The first-order valence-electron chi connectivity index (χ1n) is 8.03. The van der Waals surface area contributed by atoms with Crippen LogP contribution in [0.15, 0.2) is 48.9 Å². The number of rotatable bonds is 4. The summed E-state index contributed by atoms with van der Waals surface area (Å²) < 4.78 is 0. The largest absolute Gasteiger partial charge is 0.348 e. The standard InChI is InChI=1S/C18H19N5/c1-2-5-13(6-3-1)18-22-11-14-15(7-4-8-16(14)23-18)21-12-17-19-9-10-20-17/h1-3,5-6,9-11,15,21H,4,7-8,12H2,(H,19,20)/t15-/m0/s1. The van der Waals surface area contributed by atoms with Gasteiger partial charge in [0.15, 0.2) is 5.82 Å². The Morgan fingerprint density at radius 3 is 2.91 bits per heavy atom. The summed E-state index contributed by atoms with van der Waals surface area (Å²) in [4.78, 5) is 16.8. The fraction of sp³-hybridized carbons (Fsp3) is 0.278. The molecule has 0 amide bonds. The maximum Gasteiger partial charge on any atom is 0.159 e. The van der Waals surface area contributed by atoms with Crippen molar-refractivity contribution < 1.29 is 0 Å². The average Bonchev–Trinajstić information content (AvgIpc) is 3.14. The zero-order valence-electron chi connectivity index (χ0n) is 12.9. The van der Waals surface area contributed by atoms with Crippen molar-refractivity contribution in [2.24, 2.45) is 0 Å². The Labute approximate surface area is 135 Å². The Balaban J connectivity index is 1.56. The molecule has 0 bridgehead atoms. The lowest BCUT2D eigenvalue weighted by Gasteiger charge is -2.25. The van der Waals surface area contributed by atoms with E-state index in [1.54, 1.807) is 6.20 Å². The molecule has 2 N–H and O–H groups in total. The van der Waals surface area contributed by atoms with E-state index >= 15 is 0 Å². The van der Waals surface area contributed by atoms with Crippen LogP contribution in [0.2, 0.25) is 0 Å². The first-order valence-corrected chi connectivity index (χ1v) is 8.03.